The second-order valence-corrected chi connectivity index (χ2v) is 6.51. The summed E-state index contributed by atoms with van der Waals surface area (Å²) in [6.45, 7) is 4.72. The Morgan fingerprint density at radius 1 is 1.14 bits per heavy atom. The van der Waals surface area contributed by atoms with Crippen LogP contribution in [0.4, 0.5) is 0 Å². The monoisotopic (exact) mass is 322 g/mol. The second-order valence-electron chi connectivity index (χ2n) is 6.51. The van der Waals surface area contributed by atoms with E-state index in [9.17, 15) is 4.79 Å². The van der Waals surface area contributed by atoms with Crippen LogP contribution < -0.4 is 5.32 Å². The molecule has 0 bridgehead atoms. The highest BCUT2D eigenvalue weighted by atomic mass is 35.5. The van der Waals surface area contributed by atoms with Gasteiger partial charge in [-0.3, -0.25) is 4.79 Å². The summed E-state index contributed by atoms with van der Waals surface area (Å²) < 4.78 is 0. The highest BCUT2D eigenvalue weighted by molar-refractivity contribution is 5.94. The van der Waals surface area contributed by atoms with Crippen LogP contribution in [-0.4, -0.2) is 36.5 Å². The van der Waals surface area contributed by atoms with E-state index in [1.807, 2.05) is 17.0 Å². The molecule has 1 aliphatic carbocycles. The predicted octanol–water partition coefficient (Wildman–Crippen LogP) is 3.59. The molecule has 3 rings (SSSR count). The van der Waals surface area contributed by atoms with Crippen molar-refractivity contribution in [2.75, 3.05) is 19.6 Å². The zero-order valence-corrected chi connectivity index (χ0v) is 14.2. The van der Waals surface area contributed by atoms with Crippen molar-refractivity contribution >= 4 is 18.3 Å². The summed E-state index contributed by atoms with van der Waals surface area (Å²) in [4.78, 5) is 14.6. The van der Waals surface area contributed by atoms with Crippen LogP contribution in [0.1, 0.15) is 60.9 Å². The molecule has 22 heavy (non-hydrogen) atoms. The van der Waals surface area contributed by atoms with Gasteiger partial charge in [0.05, 0.1) is 0 Å². The first-order valence-corrected chi connectivity index (χ1v) is 8.37. The molecule has 1 atom stereocenters. The highest BCUT2D eigenvalue weighted by Crippen LogP contribution is 2.32. The van der Waals surface area contributed by atoms with Crippen molar-refractivity contribution in [2.45, 2.75) is 51.0 Å². The first kappa shape index (κ1) is 17.3. The van der Waals surface area contributed by atoms with Gasteiger partial charge < -0.3 is 10.2 Å². The van der Waals surface area contributed by atoms with Crippen LogP contribution in [0.5, 0.6) is 0 Å². The Morgan fingerprint density at radius 2 is 1.82 bits per heavy atom. The van der Waals surface area contributed by atoms with Crippen molar-refractivity contribution in [3.63, 3.8) is 0 Å². The van der Waals surface area contributed by atoms with E-state index in [0.29, 0.717) is 5.92 Å². The molecule has 1 saturated heterocycles. The van der Waals surface area contributed by atoms with E-state index in [0.717, 1.165) is 25.2 Å². The third-order valence-electron chi connectivity index (χ3n) is 5.00. The van der Waals surface area contributed by atoms with Crippen molar-refractivity contribution in [2.24, 2.45) is 0 Å². The fraction of sp³-hybridized carbons (Fsp3) is 0.611. The molecule has 1 heterocycles. The van der Waals surface area contributed by atoms with Crippen LogP contribution in [0.15, 0.2) is 24.3 Å². The average molecular weight is 323 g/mol. The van der Waals surface area contributed by atoms with Gasteiger partial charge in [-0.1, -0.05) is 31.4 Å². The number of halogens is 1. The zero-order valence-electron chi connectivity index (χ0n) is 13.4. The number of nitrogens with one attached hydrogen (secondary N) is 1. The first-order chi connectivity index (χ1) is 10.3. The standard InChI is InChI=1S/C18H26N2O.ClH/c1-14-13-19-11-12-20(14)18(21)17-9-7-16(8-10-17)15-5-3-2-4-6-15;/h7-10,14-15,19H,2-6,11-13H2,1H3;1H. The summed E-state index contributed by atoms with van der Waals surface area (Å²) in [5.74, 6) is 0.889. The maximum absolute atomic E-state index is 12.6. The van der Waals surface area contributed by atoms with E-state index in [-0.39, 0.29) is 24.4 Å². The van der Waals surface area contributed by atoms with Crippen molar-refractivity contribution < 1.29 is 4.79 Å². The van der Waals surface area contributed by atoms with E-state index in [1.54, 1.807) is 0 Å². The van der Waals surface area contributed by atoms with Crippen molar-refractivity contribution in [3.05, 3.63) is 35.4 Å². The van der Waals surface area contributed by atoms with Gasteiger partial charge >= 0.3 is 0 Å². The van der Waals surface area contributed by atoms with Crippen molar-refractivity contribution in [1.82, 2.24) is 10.2 Å². The quantitative estimate of drug-likeness (QED) is 0.902. The molecule has 2 fully saturated rings. The Labute approximate surface area is 139 Å². The molecule has 1 aromatic carbocycles. The lowest BCUT2D eigenvalue weighted by molar-refractivity contribution is 0.0655. The third kappa shape index (κ3) is 3.82. The van der Waals surface area contributed by atoms with Crippen LogP contribution in [0.3, 0.4) is 0 Å². The molecule has 122 valence electrons. The van der Waals surface area contributed by atoms with Gasteiger partial charge in [-0.05, 0) is 43.4 Å². The number of carbonyl (C=O) groups is 1. The zero-order chi connectivity index (χ0) is 14.7. The predicted molar refractivity (Wildman–Crippen MR) is 92.9 cm³/mol. The summed E-state index contributed by atoms with van der Waals surface area (Å²) in [7, 11) is 0. The number of carbonyl (C=O) groups excluding carboxylic acids is 1. The molecular formula is C18H27ClN2O. The molecule has 2 aliphatic rings. The van der Waals surface area contributed by atoms with Crippen molar-refractivity contribution in [3.8, 4) is 0 Å². The number of hydrogen-bond acceptors (Lipinski definition) is 2. The van der Waals surface area contributed by atoms with E-state index in [2.05, 4.69) is 24.4 Å². The Kier molecular flexibility index (Phi) is 6.27. The minimum atomic E-state index is 0. The molecule has 0 aromatic heterocycles. The Hall–Kier alpha value is -1.06. The molecule has 3 nitrogen and oxygen atoms in total. The number of amides is 1. The van der Waals surface area contributed by atoms with E-state index >= 15 is 0 Å². The second kappa shape index (κ2) is 7.98. The summed E-state index contributed by atoms with van der Waals surface area (Å²) in [5, 5.41) is 3.33. The lowest BCUT2D eigenvalue weighted by Crippen LogP contribution is -2.52. The van der Waals surface area contributed by atoms with Gasteiger partial charge in [0.2, 0.25) is 0 Å². The molecule has 1 unspecified atom stereocenters. The number of rotatable bonds is 2. The number of hydrogen-bond donors (Lipinski definition) is 1. The summed E-state index contributed by atoms with van der Waals surface area (Å²) >= 11 is 0. The molecule has 4 heteroatoms. The topological polar surface area (TPSA) is 32.3 Å². The number of benzene rings is 1. The van der Waals surface area contributed by atoms with Gasteiger partial charge in [-0.25, -0.2) is 0 Å². The van der Waals surface area contributed by atoms with Gasteiger partial charge in [0, 0.05) is 31.2 Å². The largest absolute Gasteiger partial charge is 0.333 e. The van der Waals surface area contributed by atoms with Crippen LogP contribution in [-0.2, 0) is 0 Å². The minimum Gasteiger partial charge on any atom is -0.333 e. The SMILES string of the molecule is CC1CNCCN1C(=O)c1ccc(C2CCCCC2)cc1.Cl. The van der Waals surface area contributed by atoms with Gasteiger partial charge in [0.1, 0.15) is 0 Å². The lowest BCUT2D eigenvalue weighted by Gasteiger charge is -2.34. The fourth-order valence-corrected chi connectivity index (χ4v) is 3.64. The van der Waals surface area contributed by atoms with Gasteiger partial charge in [-0.15, -0.1) is 12.4 Å². The third-order valence-corrected chi connectivity index (χ3v) is 5.00. The van der Waals surface area contributed by atoms with E-state index in [4.69, 9.17) is 0 Å². The molecular weight excluding hydrogens is 296 g/mol. The van der Waals surface area contributed by atoms with Crippen molar-refractivity contribution in [1.29, 1.82) is 0 Å². The Balaban J connectivity index is 0.00000176. The maximum Gasteiger partial charge on any atom is 0.254 e. The Morgan fingerprint density at radius 3 is 2.45 bits per heavy atom. The minimum absolute atomic E-state index is 0. The van der Waals surface area contributed by atoms with Crippen LogP contribution in [0, 0.1) is 0 Å². The Bertz CT molecular complexity index is 482. The molecule has 0 spiro atoms. The van der Waals surface area contributed by atoms with E-state index in [1.165, 1.54) is 37.7 Å². The maximum atomic E-state index is 12.6. The number of nitrogens with zero attached hydrogens (tertiary/aromatic N) is 1. The first-order valence-electron chi connectivity index (χ1n) is 8.37. The number of piperazine rings is 1. The summed E-state index contributed by atoms with van der Waals surface area (Å²) in [6, 6.07) is 8.69. The normalized spacial score (nSPS) is 23.0. The molecule has 1 aromatic rings. The molecule has 0 radical (unpaired) electrons. The van der Waals surface area contributed by atoms with Gasteiger partial charge in [0.25, 0.3) is 5.91 Å². The average Bonchev–Trinajstić information content (AvgIpc) is 2.56. The van der Waals surface area contributed by atoms with Crippen LogP contribution >= 0.6 is 12.4 Å². The van der Waals surface area contributed by atoms with Crippen LogP contribution in [0.25, 0.3) is 0 Å². The van der Waals surface area contributed by atoms with Gasteiger partial charge in [-0.2, -0.15) is 0 Å². The van der Waals surface area contributed by atoms with Gasteiger partial charge in [0.15, 0.2) is 0 Å². The smallest absolute Gasteiger partial charge is 0.254 e. The molecule has 1 aliphatic heterocycles. The molecule has 1 amide bonds. The fourth-order valence-electron chi connectivity index (χ4n) is 3.64. The summed E-state index contributed by atoms with van der Waals surface area (Å²) in [5.41, 5.74) is 2.25. The lowest BCUT2D eigenvalue weighted by atomic mass is 9.84. The van der Waals surface area contributed by atoms with Crippen LogP contribution in [0.2, 0.25) is 0 Å². The molecule has 1 N–H and O–H groups in total. The molecule has 1 saturated carbocycles. The highest BCUT2D eigenvalue weighted by Gasteiger charge is 2.24. The summed E-state index contributed by atoms with van der Waals surface area (Å²) in [6.07, 6.45) is 6.70. The van der Waals surface area contributed by atoms with E-state index < -0.39 is 0 Å².